The summed E-state index contributed by atoms with van der Waals surface area (Å²) in [7, 11) is 0. The molecule has 4 nitrogen and oxygen atoms in total. The van der Waals surface area contributed by atoms with Crippen molar-refractivity contribution < 1.29 is 9.53 Å². The summed E-state index contributed by atoms with van der Waals surface area (Å²) in [5.74, 6) is 0.370. The molecule has 0 bridgehead atoms. The number of aromatic nitrogens is 1. The molecular formula is C21H14BrClN2O2S. The quantitative estimate of drug-likeness (QED) is 0.365. The van der Waals surface area contributed by atoms with E-state index >= 15 is 0 Å². The maximum Gasteiger partial charge on any atom is 0.262 e. The average Bonchev–Trinajstić information content (AvgIpc) is 3.11. The molecule has 140 valence electrons. The van der Waals surface area contributed by atoms with Crippen LogP contribution in [0, 0.1) is 0 Å². The Morgan fingerprint density at radius 3 is 2.64 bits per heavy atom. The summed E-state index contributed by atoms with van der Waals surface area (Å²) in [6.45, 7) is -0.0845. The van der Waals surface area contributed by atoms with Gasteiger partial charge in [-0.25, -0.2) is 4.98 Å². The number of carbonyl (C=O) groups excluding carboxylic acids is 1. The van der Waals surface area contributed by atoms with Crippen molar-refractivity contribution in [2.45, 2.75) is 0 Å². The number of amides is 1. The van der Waals surface area contributed by atoms with Crippen LogP contribution in [-0.4, -0.2) is 17.5 Å². The molecule has 1 heterocycles. The number of rotatable bonds is 5. The molecule has 0 atom stereocenters. The predicted octanol–water partition coefficient (Wildman–Crippen LogP) is 6.40. The first-order valence-corrected chi connectivity index (χ1v) is 10.4. The van der Waals surface area contributed by atoms with Gasteiger partial charge in [-0.1, -0.05) is 39.7 Å². The van der Waals surface area contributed by atoms with Crippen molar-refractivity contribution in [2.75, 3.05) is 11.9 Å². The first-order chi connectivity index (χ1) is 13.6. The minimum atomic E-state index is -0.258. The fourth-order valence-electron chi connectivity index (χ4n) is 2.63. The highest BCUT2D eigenvalue weighted by Crippen LogP contribution is 2.35. The van der Waals surface area contributed by atoms with Gasteiger partial charge in [0.15, 0.2) is 6.61 Å². The third-order valence-corrected chi connectivity index (χ3v) is 5.87. The molecule has 0 aliphatic carbocycles. The fourth-order valence-corrected chi connectivity index (χ4v) is 4.23. The van der Waals surface area contributed by atoms with E-state index in [0.717, 1.165) is 25.3 Å². The van der Waals surface area contributed by atoms with E-state index in [0.29, 0.717) is 16.5 Å². The van der Waals surface area contributed by atoms with Gasteiger partial charge < -0.3 is 10.1 Å². The zero-order valence-electron chi connectivity index (χ0n) is 14.5. The van der Waals surface area contributed by atoms with Crippen LogP contribution < -0.4 is 10.1 Å². The molecule has 0 aliphatic heterocycles. The van der Waals surface area contributed by atoms with Gasteiger partial charge in [0, 0.05) is 15.7 Å². The Labute approximate surface area is 179 Å². The largest absolute Gasteiger partial charge is 0.484 e. The highest BCUT2D eigenvalue weighted by Gasteiger charge is 2.11. The van der Waals surface area contributed by atoms with Gasteiger partial charge >= 0.3 is 0 Å². The Hall–Kier alpha value is -2.41. The molecule has 0 saturated carbocycles. The number of anilines is 1. The van der Waals surface area contributed by atoms with Gasteiger partial charge in [0.05, 0.1) is 15.2 Å². The third kappa shape index (κ3) is 4.35. The van der Waals surface area contributed by atoms with Gasteiger partial charge in [-0.05, 0) is 54.6 Å². The summed E-state index contributed by atoms with van der Waals surface area (Å²) in [6, 6.07) is 20.6. The minimum Gasteiger partial charge on any atom is -0.484 e. The maximum atomic E-state index is 12.1. The number of hydrogen-bond donors (Lipinski definition) is 1. The second-order valence-corrected chi connectivity index (χ2v) is 8.33. The lowest BCUT2D eigenvalue weighted by Crippen LogP contribution is -2.20. The van der Waals surface area contributed by atoms with Crippen molar-refractivity contribution in [3.63, 3.8) is 0 Å². The van der Waals surface area contributed by atoms with Crippen LogP contribution in [0.25, 0.3) is 20.8 Å². The summed E-state index contributed by atoms with van der Waals surface area (Å²) in [6.07, 6.45) is 0. The zero-order valence-corrected chi connectivity index (χ0v) is 17.6. The standard InChI is InChI=1S/C21H14BrClN2O2S/c22-13-5-8-15(9-6-13)27-12-20(26)24-14-7-10-16(17(23)11-14)21-25-18-3-1-2-4-19(18)28-21/h1-11H,12H2,(H,24,26). The van der Waals surface area contributed by atoms with Crippen LogP contribution in [0.4, 0.5) is 5.69 Å². The van der Waals surface area contributed by atoms with Gasteiger partial charge in [0.1, 0.15) is 10.8 Å². The number of halogens is 2. The molecule has 0 aliphatic rings. The Morgan fingerprint density at radius 1 is 1.11 bits per heavy atom. The number of para-hydroxylation sites is 1. The molecule has 0 saturated heterocycles. The highest BCUT2D eigenvalue weighted by atomic mass is 79.9. The van der Waals surface area contributed by atoms with Crippen LogP contribution in [0.5, 0.6) is 5.75 Å². The second kappa shape index (κ2) is 8.31. The Morgan fingerprint density at radius 2 is 1.89 bits per heavy atom. The van der Waals surface area contributed by atoms with Crippen LogP contribution in [-0.2, 0) is 4.79 Å². The molecular weight excluding hydrogens is 460 g/mol. The first kappa shape index (κ1) is 18.9. The fraction of sp³-hybridized carbons (Fsp3) is 0.0476. The lowest BCUT2D eigenvalue weighted by molar-refractivity contribution is -0.118. The van der Waals surface area contributed by atoms with Crippen LogP contribution in [0.2, 0.25) is 5.02 Å². The van der Waals surface area contributed by atoms with Crippen molar-refractivity contribution >= 4 is 60.7 Å². The number of nitrogens with zero attached hydrogens (tertiary/aromatic N) is 1. The maximum absolute atomic E-state index is 12.1. The molecule has 3 aromatic carbocycles. The minimum absolute atomic E-state index is 0.0845. The lowest BCUT2D eigenvalue weighted by Gasteiger charge is -2.09. The molecule has 1 aromatic heterocycles. The second-order valence-electron chi connectivity index (χ2n) is 5.97. The van der Waals surface area contributed by atoms with Gasteiger partial charge in [0.2, 0.25) is 0 Å². The van der Waals surface area contributed by atoms with Crippen molar-refractivity contribution in [3.8, 4) is 16.3 Å². The Bertz CT molecular complexity index is 1110. The smallest absolute Gasteiger partial charge is 0.262 e. The molecule has 28 heavy (non-hydrogen) atoms. The van der Waals surface area contributed by atoms with E-state index < -0.39 is 0 Å². The predicted molar refractivity (Wildman–Crippen MR) is 118 cm³/mol. The lowest BCUT2D eigenvalue weighted by atomic mass is 10.2. The normalized spacial score (nSPS) is 10.8. The number of ether oxygens (including phenoxy) is 1. The van der Waals surface area contributed by atoms with E-state index in [2.05, 4.69) is 26.2 Å². The van der Waals surface area contributed by atoms with Gasteiger partial charge in [0.25, 0.3) is 5.91 Å². The van der Waals surface area contributed by atoms with Crippen LogP contribution in [0.15, 0.2) is 71.2 Å². The number of benzene rings is 3. The van der Waals surface area contributed by atoms with Gasteiger partial charge in [-0.15, -0.1) is 11.3 Å². The van der Waals surface area contributed by atoms with Crippen molar-refractivity contribution in [3.05, 3.63) is 76.2 Å². The average molecular weight is 474 g/mol. The number of nitrogens with one attached hydrogen (secondary N) is 1. The molecule has 0 radical (unpaired) electrons. The highest BCUT2D eigenvalue weighted by molar-refractivity contribution is 9.10. The number of carbonyl (C=O) groups is 1. The van der Waals surface area contributed by atoms with Crippen molar-refractivity contribution in [2.24, 2.45) is 0 Å². The topological polar surface area (TPSA) is 51.2 Å². The monoisotopic (exact) mass is 472 g/mol. The third-order valence-electron chi connectivity index (χ3n) is 3.96. The molecule has 1 amide bonds. The van der Waals surface area contributed by atoms with E-state index in [1.165, 1.54) is 0 Å². The summed E-state index contributed by atoms with van der Waals surface area (Å²) in [5, 5.41) is 4.18. The van der Waals surface area contributed by atoms with E-state index in [9.17, 15) is 4.79 Å². The van der Waals surface area contributed by atoms with Crippen LogP contribution in [0.3, 0.4) is 0 Å². The van der Waals surface area contributed by atoms with E-state index in [1.807, 2.05) is 48.5 Å². The molecule has 4 rings (SSSR count). The summed E-state index contributed by atoms with van der Waals surface area (Å²) in [5.41, 5.74) is 2.40. The van der Waals surface area contributed by atoms with Crippen molar-refractivity contribution in [1.29, 1.82) is 0 Å². The number of fused-ring (bicyclic) bond motifs is 1. The number of hydrogen-bond acceptors (Lipinski definition) is 4. The number of thiazole rings is 1. The Balaban J connectivity index is 1.43. The van der Waals surface area contributed by atoms with Crippen LogP contribution in [0.1, 0.15) is 0 Å². The van der Waals surface area contributed by atoms with E-state index in [-0.39, 0.29) is 12.5 Å². The summed E-state index contributed by atoms with van der Waals surface area (Å²) in [4.78, 5) is 16.8. The van der Waals surface area contributed by atoms with Crippen LogP contribution >= 0.6 is 38.9 Å². The van der Waals surface area contributed by atoms with Crippen molar-refractivity contribution in [1.82, 2.24) is 4.98 Å². The van der Waals surface area contributed by atoms with Gasteiger partial charge in [-0.3, -0.25) is 4.79 Å². The molecule has 0 spiro atoms. The summed E-state index contributed by atoms with van der Waals surface area (Å²) < 4.78 is 7.54. The molecule has 7 heteroatoms. The first-order valence-electron chi connectivity index (χ1n) is 8.42. The van der Waals surface area contributed by atoms with E-state index in [1.54, 1.807) is 29.5 Å². The van der Waals surface area contributed by atoms with E-state index in [4.69, 9.17) is 16.3 Å². The summed E-state index contributed by atoms with van der Waals surface area (Å²) >= 11 is 11.4. The molecule has 1 N–H and O–H groups in total. The SMILES string of the molecule is O=C(COc1ccc(Br)cc1)Nc1ccc(-c2nc3ccccc3s2)c(Cl)c1. The molecule has 4 aromatic rings. The zero-order chi connectivity index (χ0) is 19.5. The Kier molecular flexibility index (Phi) is 5.62. The molecule has 0 unspecified atom stereocenters. The van der Waals surface area contributed by atoms with Gasteiger partial charge in [-0.2, -0.15) is 0 Å². The molecule has 0 fully saturated rings.